The quantitative estimate of drug-likeness (QED) is 0.432. The van der Waals surface area contributed by atoms with Gasteiger partial charge in [-0.2, -0.15) is 0 Å². The van der Waals surface area contributed by atoms with Gasteiger partial charge >= 0.3 is 84.7 Å². The van der Waals surface area contributed by atoms with Gasteiger partial charge in [0, 0.05) is 17.1 Å². The fourth-order valence-corrected chi connectivity index (χ4v) is 0. The van der Waals surface area contributed by atoms with Crippen molar-refractivity contribution in [2.75, 3.05) is 0 Å². The van der Waals surface area contributed by atoms with E-state index in [1.807, 2.05) is 0 Å². The van der Waals surface area contributed by atoms with E-state index in [9.17, 15) is 0 Å². The van der Waals surface area contributed by atoms with E-state index in [1.54, 1.807) is 0 Å². The van der Waals surface area contributed by atoms with Crippen LogP contribution in [0.1, 0.15) is 5.71 Å². The van der Waals surface area contributed by atoms with Crippen LogP contribution >= 0.6 is 0 Å². The van der Waals surface area contributed by atoms with E-state index in [4.69, 9.17) is 0 Å². The molecule has 5 heavy (non-hydrogen) atoms. The molecule has 0 aromatic heterocycles. The average Bonchev–Trinajstić information content (AvgIpc) is 0. The third-order valence-corrected chi connectivity index (χ3v) is 0. The van der Waals surface area contributed by atoms with Crippen molar-refractivity contribution in [3.63, 3.8) is 0 Å². The summed E-state index contributed by atoms with van der Waals surface area (Å²) < 4.78 is 0. The van der Waals surface area contributed by atoms with Gasteiger partial charge in [0.25, 0.3) is 0 Å². The molecule has 0 spiro atoms. The van der Waals surface area contributed by atoms with Crippen LogP contribution in [0.3, 0.4) is 0 Å². The molecule has 0 saturated heterocycles. The van der Waals surface area contributed by atoms with Crippen molar-refractivity contribution >= 4 is 102 Å². The van der Waals surface area contributed by atoms with Gasteiger partial charge in [-0.3, -0.25) is 0 Å². The summed E-state index contributed by atoms with van der Waals surface area (Å²) in [5.74, 6) is 0. The summed E-state index contributed by atoms with van der Waals surface area (Å²) in [6.45, 7) is 0. The third kappa shape index (κ3) is 18.1. The van der Waals surface area contributed by atoms with Gasteiger partial charge in [-0.05, 0) is 0 Å². The van der Waals surface area contributed by atoms with Crippen LogP contribution in [0.4, 0.5) is 0 Å². The first kappa shape index (κ1) is 36.6. The molecule has 0 saturated carbocycles. The Labute approximate surface area is 122 Å². The fourth-order valence-electron chi connectivity index (χ4n) is 0. The molecule has 0 unspecified atom stereocenters. The molecular formula is H9AlCaMgMnSn. The van der Waals surface area contributed by atoms with Gasteiger partial charge in [-0.25, -0.2) is 0 Å². The Morgan fingerprint density at radius 1 is 1.20 bits per heavy atom. The molecule has 0 aromatic rings. The van der Waals surface area contributed by atoms with E-state index in [2.05, 4.69) is 0 Å². The monoisotopic (exact) mass is 275 g/mol. The molecule has 0 rings (SSSR count). The standard InChI is InChI=1S/Al.Ca.Mg.Mn.Sn.9H/q;2*+2;;;;;;;;4*-1. The first-order valence-electron chi connectivity index (χ1n) is 0. The molecule has 5 heteroatoms. The van der Waals surface area contributed by atoms with Gasteiger partial charge in [0.2, 0.25) is 0 Å². The van der Waals surface area contributed by atoms with Crippen LogP contribution in [0.25, 0.3) is 0 Å². The first-order valence-corrected chi connectivity index (χ1v) is 0. The molecule has 0 fully saturated rings. The Balaban J connectivity index is 0. The molecule has 0 heterocycles. The van der Waals surface area contributed by atoms with Crippen LogP contribution in [-0.2, 0) is 17.1 Å². The summed E-state index contributed by atoms with van der Waals surface area (Å²) in [6, 6.07) is 0. The van der Waals surface area contributed by atoms with E-state index < -0.39 is 0 Å². The second-order valence-electron chi connectivity index (χ2n) is 0. The van der Waals surface area contributed by atoms with Gasteiger partial charge in [0.15, 0.2) is 17.4 Å². The topological polar surface area (TPSA) is 0 Å². The molecule has 0 nitrogen and oxygen atoms in total. The zero-order chi connectivity index (χ0) is 0. The maximum absolute atomic E-state index is 0. The fraction of sp³-hybridized carbons (Fsp3) is 0. The first-order chi connectivity index (χ1) is 0. The minimum atomic E-state index is 0. The summed E-state index contributed by atoms with van der Waals surface area (Å²) in [6.07, 6.45) is 0. The molecule has 27 valence electrons. The normalized spacial score (nSPS) is 0. The molecule has 0 aromatic carbocycles. The van der Waals surface area contributed by atoms with Gasteiger partial charge in [0.1, 0.15) is 0 Å². The van der Waals surface area contributed by atoms with Crippen molar-refractivity contribution in [2.45, 2.75) is 0 Å². The van der Waals surface area contributed by atoms with Crippen molar-refractivity contribution < 1.29 is 22.8 Å². The van der Waals surface area contributed by atoms with E-state index in [0.29, 0.717) is 0 Å². The molecule has 3 radical (unpaired) electrons. The molecule has 0 N–H and O–H groups in total. The van der Waals surface area contributed by atoms with Crippen molar-refractivity contribution in [1.82, 2.24) is 0 Å². The number of hydrogen-bond donors (Lipinski definition) is 0. The van der Waals surface area contributed by atoms with Crippen LogP contribution in [0.2, 0.25) is 0 Å². The Hall–Kier alpha value is 3.88. The van der Waals surface area contributed by atoms with E-state index in [-0.39, 0.29) is 125 Å². The van der Waals surface area contributed by atoms with Crippen LogP contribution in [0, 0.1) is 0 Å². The number of hydrogen-bond acceptors (Lipinski definition) is 0. The molecule has 0 aliphatic carbocycles. The zero-order valence-corrected chi connectivity index (χ0v) is 11.3. The van der Waals surface area contributed by atoms with E-state index in [0.717, 1.165) is 0 Å². The third-order valence-electron chi connectivity index (χ3n) is 0. The van der Waals surface area contributed by atoms with Crippen molar-refractivity contribution in [3.05, 3.63) is 0 Å². The molecule has 0 bridgehead atoms. The molecule has 0 aliphatic rings. The van der Waals surface area contributed by atoms with Crippen LogP contribution in [0.5, 0.6) is 0 Å². The predicted molar refractivity (Wildman–Crippen MR) is 34.4 cm³/mol. The Bertz CT molecular complexity index is 20.5. The van der Waals surface area contributed by atoms with Crippen LogP contribution in [-0.4, -0.2) is 102 Å². The molecule has 0 atom stereocenters. The predicted octanol–water partition coefficient (Wildman–Crippen LogP) is -2.41. The van der Waals surface area contributed by atoms with E-state index in [1.165, 1.54) is 0 Å². The van der Waals surface area contributed by atoms with Crippen molar-refractivity contribution in [1.29, 1.82) is 0 Å². The Morgan fingerprint density at radius 3 is 1.20 bits per heavy atom. The number of rotatable bonds is 0. The minimum absolute atomic E-state index is 0. The second kappa shape index (κ2) is 24.8. The molecule has 0 aliphatic heterocycles. The Morgan fingerprint density at radius 2 is 1.20 bits per heavy atom. The van der Waals surface area contributed by atoms with Gasteiger partial charge in [0.05, 0.1) is 0 Å². The summed E-state index contributed by atoms with van der Waals surface area (Å²) >= 11 is 0. The SMILES string of the molecule is [AlH3].[Ca+2].[H-].[H-].[H-].[H-].[Mg+2].[Mn].[SnH2]. The zero-order valence-electron chi connectivity index (χ0n) is 6.50. The van der Waals surface area contributed by atoms with Crippen LogP contribution in [0.15, 0.2) is 0 Å². The maximum atomic E-state index is 0. The van der Waals surface area contributed by atoms with Gasteiger partial charge < -0.3 is 5.71 Å². The molecular weight excluding hydrogens is 265 g/mol. The Kier molecular flexibility index (Phi) is 182. The van der Waals surface area contributed by atoms with E-state index >= 15 is 0 Å². The second-order valence-corrected chi connectivity index (χ2v) is 0. The van der Waals surface area contributed by atoms with Crippen LogP contribution < -0.4 is 0 Å². The summed E-state index contributed by atoms with van der Waals surface area (Å²) in [5, 5.41) is 0. The molecule has 0 amide bonds. The van der Waals surface area contributed by atoms with Crippen molar-refractivity contribution in [2.24, 2.45) is 0 Å². The average molecular weight is 274 g/mol. The van der Waals surface area contributed by atoms with Gasteiger partial charge in [-0.1, -0.05) is 0 Å². The van der Waals surface area contributed by atoms with Crippen molar-refractivity contribution in [3.8, 4) is 0 Å². The summed E-state index contributed by atoms with van der Waals surface area (Å²) in [5.41, 5.74) is 0. The van der Waals surface area contributed by atoms with Gasteiger partial charge in [-0.15, -0.1) is 0 Å². The summed E-state index contributed by atoms with van der Waals surface area (Å²) in [7, 11) is 0. The summed E-state index contributed by atoms with van der Waals surface area (Å²) in [4.78, 5) is 0.